The molecule has 32 heavy (non-hydrogen) atoms. The van der Waals surface area contributed by atoms with Crippen LogP contribution in [0.5, 0.6) is 0 Å². The fourth-order valence-corrected chi connectivity index (χ4v) is 6.27. The van der Waals surface area contributed by atoms with Crippen molar-refractivity contribution >= 4 is 27.9 Å². The molecule has 1 N–H and O–H groups in total. The molecule has 2 aromatic rings. The Morgan fingerprint density at radius 1 is 1.16 bits per heavy atom. The van der Waals surface area contributed by atoms with Gasteiger partial charge in [-0.2, -0.15) is 8.42 Å². The van der Waals surface area contributed by atoms with Crippen LogP contribution in [0.15, 0.2) is 21.1 Å². The summed E-state index contributed by atoms with van der Waals surface area (Å²) in [5.74, 6) is 0.479. The molecule has 3 aliphatic rings. The first-order valence-corrected chi connectivity index (χ1v) is 12.6. The monoisotopic (exact) mass is 459 g/mol. The SMILES string of the molecule is Cc1cnc(N(C2CCOCC2)S(=O)(=O)/N=C(\[O-])Nc2c3c(cc4c2CCC4)CCC3)o1. The summed E-state index contributed by atoms with van der Waals surface area (Å²) >= 11 is 0. The highest BCUT2D eigenvalue weighted by Gasteiger charge is 2.35. The number of oxazole rings is 1. The minimum Gasteiger partial charge on any atom is -0.845 e. The lowest BCUT2D eigenvalue weighted by Crippen LogP contribution is -2.44. The zero-order valence-electron chi connectivity index (χ0n) is 18.1. The Balaban J connectivity index is 1.48. The highest BCUT2D eigenvalue weighted by atomic mass is 32.2. The second-order valence-electron chi connectivity index (χ2n) is 8.63. The van der Waals surface area contributed by atoms with E-state index >= 15 is 0 Å². The maximum absolute atomic E-state index is 13.3. The molecule has 9 nitrogen and oxygen atoms in total. The van der Waals surface area contributed by atoms with Gasteiger partial charge >= 0.3 is 16.2 Å². The summed E-state index contributed by atoms with van der Waals surface area (Å²) in [6.07, 6.45) is 8.21. The van der Waals surface area contributed by atoms with Gasteiger partial charge in [-0.25, -0.2) is 9.29 Å². The average Bonchev–Trinajstić information content (AvgIpc) is 3.49. The van der Waals surface area contributed by atoms with Gasteiger partial charge in [0.2, 0.25) is 0 Å². The Morgan fingerprint density at radius 2 is 1.81 bits per heavy atom. The molecule has 0 radical (unpaired) electrons. The van der Waals surface area contributed by atoms with E-state index in [1.165, 1.54) is 17.3 Å². The third kappa shape index (κ3) is 3.97. The molecule has 1 saturated heterocycles. The van der Waals surface area contributed by atoms with Gasteiger partial charge in [-0.15, -0.1) is 4.40 Å². The molecule has 0 bridgehead atoms. The predicted octanol–water partition coefficient (Wildman–Crippen LogP) is 2.02. The van der Waals surface area contributed by atoms with E-state index in [1.807, 2.05) is 0 Å². The number of rotatable bonds is 5. The molecule has 5 rings (SSSR count). The number of hydrogen-bond donors (Lipinski definition) is 1. The molecule has 10 heteroatoms. The van der Waals surface area contributed by atoms with Crippen molar-refractivity contribution in [3.8, 4) is 0 Å². The van der Waals surface area contributed by atoms with Gasteiger partial charge in [0, 0.05) is 18.9 Å². The summed E-state index contributed by atoms with van der Waals surface area (Å²) in [4.78, 5) is 4.09. The molecule has 0 saturated carbocycles. The van der Waals surface area contributed by atoms with Gasteiger partial charge in [0.15, 0.2) is 0 Å². The Bertz CT molecular complexity index is 1120. The lowest BCUT2D eigenvalue weighted by atomic mass is 9.99. The van der Waals surface area contributed by atoms with Crippen molar-refractivity contribution in [2.45, 2.75) is 64.3 Å². The molecule has 2 heterocycles. The molecular weight excluding hydrogens is 432 g/mol. The number of hydrogen-bond acceptors (Lipinski definition) is 6. The minimum absolute atomic E-state index is 0.0764. The third-order valence-electron chi connectivity index (χ3n) is 6.47. The number of aryl methyl sites for hydroxylation is 3. The molecule has 0 unspecified atom stereocenters. The Kier molecular flexibility index (Phi) is 5.58. The average molecular weight is 460 g/mol. The van der Waals surface area contributed by atoms with Crippen molar-refractivity contribution in [3.63, 3.8) is 0 Å². The summed E-state index contributed by atoms with van der Waals surface area (Å²) in [5, 5.41) is 15.7. The van der Waals surface area contributed by atoms with Crippen LogP contribution in [0.25, 0.3) is 0 Å². The van der Waals surface area contributed by atoms with E-state index in [0.29, 0.717) is 31.8 Å². The molecule has 0 atom stereocenters. The standard InChI is InChI=1S/C22H28N4O5S/c1-14-13-23-22(31-14)26(17-8-10-30-11-9-17)32(28,29)25-21(27)24-20-18-6-2-4-15(18)12-16-5-3-7-19(16)20/h12-13,17H,2-11H2,1H3,(H2,24,25,27)/p-1. The zero-order chi connectivity index (χ0) is 22.3. The van der Waals surface area contributed by atoms with Crippen LogP contribution in [0.2, 0.25) is 0 Å². The van der Waals surface area contributed by atoms with E-state index in [1.54, 1.807) is 6.92 Å². The van der Waals surface area contributed by atoms with Crippen molar-refractivity contribution in [2.75, 3.05) is 22.8 Å². The van der Waals surface area contributed by atoms with Crippen molar-refractivity contribution in [1.29, 1.82) is 0 Å². The van der Waals surface area contributed by atoms with E-state index in [-0.39, 0.29) is 6.01 Å². The first-order chi connectivity index (χ1) is 15.4. The summed E-state index contributed by atoms with van der Waals surface area (Å²) in [6, 6.07) is 0.854. The molecular formula is C22H27N4O5S-. The van der Waals surface area contributed by atoms with Gasteiger partial charge in [0.1, 0.15) is 5.76 Å². The van der Waals surface area contributed by atoms with Crippen LogP contribution in [-0.2, 0) is 40.6 Å². The highest BCUT2D eigenvalue weighted by Crippen LogP contribution is 2.38. The van der Waals surface area contributed by atoms with Gasteiger partial charge < -0.3 is 19.6 Å². The molecule has 1 aromatic carbocycles. The fraction of sp³-hybridized carbons (Fsp3) is 0.545. The quantitative estimate of drug-likeness (QED) is 0.536. The number of nitrogens with one attached hydrogen (secondary N) is 1. The van der Waals surface area contributed by atoms with E-state index in [9.17, 15) is 13.5 Å². The summed E-state index contributed by atoms with van der Waals surface area (Å²) in [6.45, 7) is 2.53. The molecule has 0 amide bonds. The predicted molar refractivity (Wildman–Crippen MR) is 118 cm³/mol. The number of anilines is 2. The maximum Gasteiger partial charge on any atom is 0.349 e. The number of fused-ring (bicyclic) bond motifs is 2. The highest BCUT2D eigenvalue weighted by molar-refractivity contribution is 7.91. The summed E-state index contributed by atoms with van der Waals surface area (Å²) in [7, 11) is -4.37. The normalized spacial score (nSPS) is 19.1. The van der Waals surface area contributed by atoms with Crippen molar-refractivity contribution < 1.29 is 22.7 Å². The van der Waals surface area contributed by atoms with E-state index in [0.717, 1.165) is 59.6 Å². The second-order valence-corrected chi connectivity index (χ2v) is 10.1. The minimum atomic E-state index is -4.37. The van der Waals surface area contributed by atoms with Gasteiger partial charge in [-0.1, -0.05) is 6.07 Å². The number of amidine groups is 1. The number of aromatic nitrogens is 1. The third-order valence-corrected chi connectivity index (χ3v) is 7.82. The van der Waals surface area contributed by atoms with E-state index < -0.39 is 22.3 Å². The Morgan fingerprint density at radius 3 is 2.41 bits per heavy atom. The summed E-state index contributed by atoms with van der Waals surface area (Å²) in [5.41, 5.74) is 5.51. The fourth-order valence-electron chi connectivity index (χ4n) is 5.05. The van der Waals surface area contributed by atoms with Gasteiger partial charge in [-0.05, 0) is 80.5 Å². The number of ether oxygens (including phenoxy) is 1. The van der Waals surface area contributed by atoms with Crippen molar-refractivity contribution in [1.82, 2.24) is 4.98 Å². The number of nitrogens with zero attached hydrogens (tertiary/aromatic N) is 3. The van der Waals surface area contributed by atoms with Crippen LogP contribution in [0.1, 0.15) is 53.7 Å². The smallest absolute Gasteiger partial charge is 0.349 e. The molecule has 1 fully saturated rings. The maximum atomic E-state index is 13.3. The molecule has 0 spiro atoms. The van der Waals surface area contributed by atoms with E-state index in [2.05, 4.69) is 20.8 Å². The van der Waals surface area contributed by atoms with Crippen LogP contribution in [0.4, 0.5) is 11.7 Å². The topological polar surface area (TPSA) is 120 Å². The Labute approximate surface area is 187 Å². The van der Waals surface area contributed by atoms with Crippen LogP contribution in [-0.4, -0.2) is 38.7 Å². The first-order valence-electron chi connectivity index (χ1n) is 11.2. The molecule has 2 aliphatic carbocycles. The molecule has 1 aliphatic heterocycles. The van der Waals surface area contributed by atoms with Gasteiger partial charge in [0.25, 0.3) is 0 Å². The van der Waals surface area contributed by atoms with Crippen LogP contribution in [0, 0.1) is 6.92 Å². The van der Waals surface area contributed by atoms with Gasteiger partial charge in [-0.3, -0.25) is 0 Å². The van der Waals surface area contributed by atoms with Crippen molar-refractivity contribution in [3.05, 3.63) is 40.3 Å². The summed E-state index contributed by atoms with van der Waals surface area (Å²) < 4.78 is 42.1. The first kappa shape index (κ1) is 21.3. The van der Waals surface area contributed by atoms with Crippen LogP contribution < -0.4 is 14.7 Å². The molecule has 1 aromatic heterocycles. The lowest BCUT2D eigenvalue weighted by molar-refractivity contribution is -0.213. The van der Waals surface area contributed by atoms with Crippen molar-refractivity contribution in [2.24, 2.45) is 4.40 Å². The van der Waals surface area contributed by atoms with Crippen LogP contribution >= 0.6 is 0 Å². The Hall–Kier alpha value is -2.59. The van der Waals surface area contributed by atoms with E-state index in [4.69, 9.17) is 9.15 Å². The number of benzene rings is 1. The molecule has 172 valence electrons. The largest absolute Gasteiger partial charge is 0.845 e. The van der Waals surface area contributed by atoms with Gasteiger partial charge in [0.05, 0.1) is 18.3 Å². The zero-order valence-corrected chi connectivity index (χ0v) is 18.9. The second kappa shape index (κ2) is 8.40. The lowest BCUT2D eigenvalue weighted by Gasteiger charge is -2.31. The van der Waals surface area contributed by atoms with Crippen LogP contribution in [0.3, 0.4) is 0 Å².